The summed E-state index contributed by atoms with van der Waals surface area (Å²) >= 11 is 1.51. The maximum atomic E-state index is 13.4. The van der Waals surface area contributed by atoms with Crippen molar-refractivity contribution in [1.82, 2.24) is 14.1 Å². The Labute approximate surface area is 157 Å². The number of benzene rings is 1. The summed E-state index contributed by atoms with van der Waals surface area (Å²) in [5.74, 6) is 0. The molecule has 1 aliphatic rings. The summed E-state index contributed by atoms with van der Waals surface area (Å²) < 4.78 is 30.1. The molecule has 0 radical (unpaired) electrons. The van der Waals surface area contributed by atoms with Gasteiger partial charge in [0.15, 0.2) is 0 Å². The van der Waals surface area contributed by atoms with E-state index in [1.54, 1.807) is 15.2 Å². The van der Waals surface area contributed by atoms with Crippen LogP contribution in [-0.2, 0) is 10.0 Å². The molecular formula is C19H21N3O2S2. The van der Waals surface area contributed by atoms with E-state index in [2.05, 4.69) is 5.10 Å². The van der Waals surface area contributed by atoms with Gasteiger partial charge < -0.3 is 0 Å². The number of aromatic nitrogens is 2. The van der Waals surface area contributed by atoms with Crippen LogP contribution in [0.5, 0.6) is 0 Å². The molecule has 5 nitrogen and oxygen atoms in total. The highest BCUT2D eigenvalue weighted by Crippen LogP contribution is 2.33. The van der Waals surface area contributed by atoms with E-state index in [0.29, 0.717) is 23.7 Å². The highest BCUT2D eigenvalue weighted by Gasteiger charge is 2.31. The van der Waals surface area contributed by atoms with Crippen molar-refractivity contribution in [2.24, 2.45) is 0 Å². The van der Waals surface area contributed by atoms with Crippen molar-refractivity contribution in [2.75, 3.05) is 13.1 Å². The largest absolute Gasteiger partial charge is 0.246 e. The van der Waals surface area contributed by atoms with Crippen LogP contribution in [0.2, 0.25) is 0 Å². The van der Waals surface area contributed by atoms with Gasteiger partial charge in [-0.1, -0.05) is 37.1 Å². The summed E-state index contributed by atoms with van der Waals surface area (Å²) in [4.78, 5) is 1.17. The predicted octanol–water partition coefficient (Wildman–Crippen LogP) is 4.17. The lowest BCUT2D eigenvalue weighted by molar-refractivity contribution is 0.424. The lowest BCUT2D eigenvalue weighted by Crippen LogP contribution is -2.32. The fraction of sp³-hybridized carbons (Fsp3) is 0.316. The third kappa shape index (κ3) is 3.34. The molecule has 3 aromatic rings. The molecule has 1 aliphatic heterocycles. The summed E-state index contributed by atoms with van der Waals surface area (Å²) in [5, 5.41) is 6.57. The van der Waals surface area contributed by atoms with Crippen molar-refractivity contribution in [2.45, 2.75) is 30.6 Å². The number of rotatable bonds is 4. The van der Waals surface area contributed by atoms with Crippen molar-refractivity contribution >= 4 is 21.4 Å². The van der Waals surface area contributed by atoms with E-state index in [9.17, 15) is 8.42 Å². The third-order valence-electron chi connectivity index (χ3n) is 4.64. The van der Waals surface area contributed by atoms with Crippen molar-refractivity contribution in [3.8, 4) is 16.3 Å². The Hall–Kier alpha value is -1.96. The van der Waals surface area contributed by atoms with E-state index in [1.807, 2.05) is 47.8 Å². The average Bonchev–Trinajstić information content (AvgIpc) is 3.26. The van der Waals surface area contributed by atoms with Crippen LogP contribution >= 0.6 is 11.3 Å². The zero-order valence-corrected chi connectivity index (χ0v) is 16.0. The number of sulfonamides is 1. The molecule has 0 unspecified atom stereocenters. The second kappa shape index (κ2) is 7.34. The second-order valence-corrected chi connectivity index (χ2v) is 9.27. The number of hydrogen-bond acceptors (Lipinski definition) is 4. The molecule has 0 spiro atoms. The average molecular weight is 388 g/mol. The third-order valence-corrected chi connectivity index (χ3v) is 7.41. The first-order chi connectivity index (χ1) is 12.7. The van der Waals surface area contributed by atoms with Gasteiger partial charge in [0.25, 0.3) is 0 Å². The van der Waals surface area contributed by atoms with Gasteiger partial charge in [0.1, 0.15) is 10.6 Å². The maximum absolute atomic E-state index is 13.4. The molecule has 136 valence electrons. The van der Waals surface area contributed by atoms with Crippen LogP contribution in [-0.4, -0.2) is 35.6 Å². The van der Waals surface area contributed by atoms with Crippen LogP contribution < -0.4 is 0 Å². The highest BCUT2D eigenvalue weighted by molar-refractivity contribution is 7.89. The molecule has 1 saturated heterocycles. The van der Waals surface area contributed by atoms with E-state index >= 15 is 0 Å². The number of hydrogen-bond donors (Lipinski definition) is 0. The van der Waals surface area contributed by atoms with Crippen LogP contribution in [0.1, 0.15) is 25.7 Å². The summed E-state index contributed by atoms with van der Waals surface area (Å²) in [6.07, 6.45) is 5.67. The van der Waals surface area contributed by atoms with E-state index < -0.39 is 10.0 Å². The maximum Gasteiger partial charge on any atom is 0.246 e. The monoisotopic (exact) mass is 387 g/mol. The number of nitrogens with zero attached hydrogens (tertiary/aromatic N) is 3. The lowest BCUT2D eigenvalue weighted by atomic mass is 10.2. The van der Waals surface area contributed by atoms with Gasteiger partial charge in [-0.2, -0.15) is 9.40 Å². The van der Waals surface area contributed by atoms with Gasteiger partial charge in [0.05, 0.1) is 16.8 Å². The van der Waals surface area contributed by atoms with Gasteiger partial charge in [-0.25, -0.2) is 13.1 Å². The van der Waals surface area contributed by atoms with Crippen molar-refractivity contribution in [3.63, 3.8) is 0 Å². The Morgan fingerprint density at radius 1 is 0.923 bits per heavy atom. The molecule has 0 saturated carbocycles. The van der Waals surface area contributed by atoms with Gasteiger partial charge in [0, 0.05) is 13.1 Å². The first kappa shape index (κ1) is 17.5. The minimum atomic E-state index is -3.57. The quantitative estimate of drug-likeness (QED) is 0.675. The molecule has 1 fully saturated rings. The van der Waals surface area contributed by atoms with E-state index in [1.165, 1.54) is 11.3 Å². The molecule has 0 amide bonds. The summed E-state index contributed by atoms with van der Waals surface area (Å²) in [7, 11) is -3.57. The van der Waals surface area contributed by atoms with Gasteiger partial charge in [0.2, 0.25) is 10.0 Å². The molecule has 0 aliphatic carbocycles. The highest BCUT2D eigenvalue weighted by atomic mass is 32.2. The molecule has 4 rings (SSSR count). The fourth-order valence-corrected chi connectivity index (χ4v) is 5.70. The molecule has 7 heteroatoms. The Bertz CT molecular complexity index is 956. The first-order valence-corrected chi connectivity index (χ1v) is 11.2. The molecule has 3 heterocycles. The molecule has 0 bridgehead atoms. The Balaban J connectivity index is 1.82. The second-order valence-electron chi connectivity index (χ2n) is 6.42. The van der Waals surface area contributed by atoms with Gasteiger partial charge in [-0.05, 0) is 36.4 Å². The topological polar surface area (TPSA) is 55.2 Å². The molecule has 0 N–H and O–H groups in total. The van der Waals surface area contributed by atoms with E-state index in [4.69, 9.17) is 0 Å². The number of para-hydroxylation sites is 1. The van der Waals surface area contributed by atoms with Crippen LogP contribution in [0.25, 0.3) is 16.3 Å². The van der Waals surface area contributed by atoms with Crippen molar-refractivity contribution < 1.29 is 8.42 Å². The molecule has 26 heavy (non-hydrogen) atoms. The minimum absolute atomic E-state index is 0.297. The molecule has 0 atom stereocenters. The zero-order chi connectivity index (χ0) is 18.0. The Morgan fingerprint density at radius 3 is 2.31 bits per heavy atom. The smallest absolute Gasteiger partial charge is 0.239 e. The van der Waals surface area contributed by atoms with Gasteiger partial charge in [-0.3, -0.25) is 0 Å². The van der Waals surface area contributed by atoms with Crippen LogP contribution in [0, 0.1) is 0 Å². The van der Waals surface area contributed by atoms with Crippen LogP contribution in [0.4, 0.5) is 0 Å². The Morgan fingerprint density at radius 2 is 1.65 bits per heavy atom. The standard InChI is InChI=1S/C19H21N3O2S2/c23-26(24,21-12-6-1-2-7-13-21)18-15-22(16-9-4-3-5-10-16)20-19(18)17-11-8-14-25-17/h3-5,8-11,14-15H,1-2,6-7,12-13H2. The van der Waals surface area contributed by atoms with Crippen molar-refractivity contribution in [3.05, 3.63) is 54.0 Å². The van der Waals surface area contributed by atoms with Crippen LogP contribution in [0.3, 0.4) is 0 Å². The first-order valence-electron chi connectivity index (χ1n) is 8.85. The van der Waals surface area contributed by atoms with Crippen molar-refractivity contribution in [1.29, 1.82) is 0 Å². The summed E-state index contributed by atoms with van der Waals surface area (Å²) in [6, 6.07) is 13.5. The normalized spacial score (nSPS) is 16.5. The zero-order valence-electron chi connectivity index (χ0n) is 14.4. The summed E-state index contributed by atoms with van der Waals surface area (Å²) in [5.41, 5.74) is 1.38. The SMILES string of the molecule is O=S(=O)(c1cn(-c2ccccc2)nc1-c1cccs1)N1CCCCCC1. The predicted molar refractivity (Wildman–Crippen MR) is 104 cm³/mol. The summed E-state index contributed by atoms with van der Waals surface area (Å²) in [6.45, 7) is 1.17. The van der Waals surface area contributed by atoms with Gasteiger partial charge in [-0.15, -0.1) is 11.3 Å². The fourth-order valence-electron chi connectivity index (χ4n) is 3.26. The molecular weight excluding hydrogens is 366 g/mol. The molecule has 1 aromatic carbocycles. The van der Waals surface area contributed by atoms with E-state index in [-0.39, 0.29) is 0 Å². The van der Waals surface area contributed by atoms with Gasteiger partial charge >= 0.3 is 0 Å². The van der Waals surface area contributed by atoms with E-state index in [0.717, 1.165) is 36.2 Å². The lowest BCUT2D eigenvalue weighted by Gasteiger charge is -2.19. The van der Waals surface area contributed by atoms with Crippen LogP contribution in [0.15, 0.2) is 58.9 Å². The number of thiophene rings is 1. The Kier molecular flexibility index (Phi) is 4.93. The minimum Gasteiger partial charge on any atom is -0.239 e. The molecule has 2 aromatic heterocycles.